The van der Waals surface area contributed by atoms with Crippen molar-refractivity contribution in [2.75, 3.05) is 7.11 Å². The fraction of sp³-hybridized carbons (Fsp3) is 0.208. The first kappa shape index (κ1) is 22.5. The summed E-state index contributed by atoms with van der Waals surface area (Å²) in [5, 5.41) is 5.01. The van der Waals surface area contributed by atoms with E-state index in [1.165, 1.54) is 13.2 Å². The fourth-order valence-electron chi connectivity index (χ4n) is 3.47. The molecule has 8 nitrogen and oxygen atoms in total. The van der Waals surface area contributed by atoms with Crippen LogP contribution in [0.1, 0.15) is 36.7 Å². The van der Waals surface area contributed by atoms with Crippen LogP contribution in [0.15, 0.2) is 72.0 Å². The first-order chi connectivity index (χ1) is 15.6. The summed E-state index contributed by atoms with van der Waals surface area (Å²) in [6, 6.07) is 13.4. The summed E-state index contributed by atoms with van der Waals surface area (Å²) in [5.74, 6) is -0.598. The SMILES string of the molecule is COc1ccc(C(C)(C)C)cc1S(=O)(=O)NC(=O)c1ccc2c(-n3cccn3)ccnc2c1. The Balaban J connectivity index is 1.68. The summed E-state index contributed by atoms with van der Waals surface area (Å²) in [6.45, 7) is 5.93. The molecule has 0 bridgehead atoms. The molecule has 0 aliphatic rings. The van der Waals surface area contributed by atoms with Gasteiger partial charge in [-0.05, 0) is 53.4 Å². The molecule has 0 spiro atoms. The molecule has 2 aromatic heterocycles. The third kappa shape index (κ3) is 4.45. The second kappa shape index (κ2) is 8.32. The number of benzene rings is 2. The molecular formula is C24H24N4O4S. The Labute approximate surface area is 192 Å². The van der Waals surface area contributed by atoms with Gasteiger partial charge in [0.25, 0.3) is 15.9 Å². The minimum absolute atomic E-state index is 0.0920. The zero-order valence-corrected chi connectivity index (χ0v) is 19.6. The van der Waals surface area contributed by atoms with Gasteiger partial charge >= 0.3 is 0 Å². The summed E-state index contributed by atoms with van der Waals surface area (Å²) in [7, 11) is -2.80. The number of nitrogens with one attached hydrogen (secondary N) is 1. The predicted octanol–water partition coefficient (Wildman–Crippen LogP) is 3.85. The van der Waals surface area contributed by atoms with Crippen molar-refractivity contribution in [3.8, 4) is 11.4 Å². The summed E-state index contributed by atoms with van der Waals surface area (Å²) >= 11 is 0. The maximum Gasteiger partial charge on any atom is 0.268 e. The van der Waals surface area contributed by atoms with E-state index < -0.39 is 15.9 Å². The van der Waals surface area contributed by atoms with Crippen molar-refractivity contribution in [2.24, 2.45) is 0 Å². The first-order valence-corrected chi connectivity index (χ1v) is 11.7. The third-order valence-corrected chi connectivity index (χ3v) is 6.63. The number of rotatable bonds is 5. The third-order valence-electron chi connectivity index (χ3n) is 5.28. The number of methoxy groups -OCH3 is 1. The Morgan fingerprint density at radius 3 is 2.52 bits per heavy atom. The highest BCUT2D eigenvalue weighted by Crippen LogP contribution is 2.31. The zero-order valence-electron chi connectivity index (χ0n) is 18.7. The number of carbonyl (C=O) groups is 1. The summed E-state index contributed by atoms with van der Waals surface area (Å²) < 4.78 is 35.3. The second-order valence-corrected chi connectivity index (χ2v) is 10.2. The van der Waals surface area contributed by atoms with Crippen molar-refractivity contribution >= 4 is 26.8 Å². The summed E-state index contributed by atoms with van der Waals surface area (Å²) in [4.78, 5) is 17.1. The van der Waals surface area contributed by atoms with Crippen molar-refractivity contribution in [3.05, 3.63) is 78.2 Å². The first-order valence-electron chi connectivity index (χ1n) is 10.2. The normalized spacial score (nSPS) is 12.0. The van der Waals surface area contributed by atoms with Crippen molar-refractivity contribution in [3.63, 3.8) is 0 Å². The van der Waals surface area contributed by atoms with Crippen molar-refractivity contribution in [1.82, 2.24) is 19.5 Å². The second-order valence-electron chi connectivity index (χ2n) is 8.56. The van der Waals surface area contributed by atoms with Crippen LogP contribution in [-0.4, -0.2) is 36.2 Å². The number of hydrogen-bond donors (Lipinski definition) is 1. The molecule has 0 saturated heterocycles. The highest BCUT2D eigenvalue weighted by Gasteiger charge is 2.26. The van der Waals surface area contributed by atoms with E-state index >= 15 is 0 Å². The topological polar surface area (TPSA) is 103 Å². The van der Waals surface area contributed by atoms with Crippen LogP contribution in [0.2, 0.25) is 0 Å². The van der Waals surface area contributed by atoms with Crippen LogP contribution in [-0.2, 0) is 15.4 Å². The van der Waals surface area contributed by atoms with E-state index in [9.17, 15) is 13.2 Å². The highest BCUT2D eigenvalue weighted by molar-refractivity contribution is 7.90. The number of carbonyl (C=O) groups excluding carboxylic acids is 1. The van der Waals surface area contributed by atoms with Gasteiger partial charge in [0.05, 0.1) is 18.3 Å². The van der Waals surface area contributed by atoms with Gasteiger partial charge in [-0.15, -0.1) is 0 Å². The van der Waals surface area contributed by atoms with E-state index in [-0.39, 0.29) is 21.6 Å². The van der Waals surface area contributed by atoms with Gasteiger partial charge in [-0.2, -0.15) is 5.10 Å². The molecule has 0 fully saturated rings. The molecule has 9 heteroatoms. The van der Waals surface area contributed by atoms with E-state index in [0.717, 1.165) is 16.6 Å². The average molecular weight is 465 g/mol. The van der Waals surface area contributed by atoms with Crippen molar-refractivity contribution in [1.29, 1.82) is 0 Å². The largest absolute Gasteiger partial charge is 0.495 e. The maximum absolute atomic E-state index is 13.1. The maximum atomic E-state index is 13.1. The molecule has 4 aromatic rings. The quantitative estimate of drug-likeness (QED) is 0.481. The number of aromatic nitrogens is 3. The van der Waals surface area contributed by atoms with Gasteiger partial charge in [-0.1, -0.05) is 26.8 Å². The lowest BCUT2D eigenvalue weighted by Crippen LogP contribution is -2.31. The molecular weight excluding hydrogens is 440 g/mol. The number of hydrogen-bond acceptors (Lipinski definition) is 6. The van der Waals surface area contributed by atoms with E-state index in [0.29, 0.717) is 5.52 Å². The monoisotopic (exact) mass is 464 g/mol. The van der Waals surface area contributed by atoms with Crippen LogP contribution in [0.3, 0.4) is 0 Å². The molecule has 0 aliphatic carbocycles. The molecule has 0 unspecified atom stereocenters. The van der Waals surface area contributed by atoms with E-state index in [1.807, 2.05) is 39.0 Å². The van der Waals surface area contributed by atoms with Crippen molar-refractivity contribution < 1.29 is 17.9 Å². The van der Waals surface area contributed by atoms with Crippen LogP contribution in [0.25, 0.3) is 16.6 Å². The molecule has 0 radical (unpaired) electrons. The van der Waals surface area contributed by atoms with Crippen LogP contribution < -0.4 is 9.46 Å². The Morgan fingerprint density at radius 1 is 1.06 bits per heavy atom. The minimum Gasteiger partial charge on any atom is -0.495 e. The van der Waals surface area contributed by atoms with E-state index in [1.54, 1.807) is 47.5 Å². The highest BCUT2D eigenvalue weighted by atomic mass is 32.2. The molecule has 0 aliphatic heterocycles. The molecule has 170 valence electrons. The van der Waals surface area contributed by atoms with Gasteiger partial charge in [0, 0.05) is 29.5 Å². The molecule has 2 heterocycles. The van der Waals surface area contributed by atoms with Crippen LogP contribution in [0.4, 0.5) is 0 Å². The molecule has 0 saturated carbocycles. The minimum atomic E-state index is -4.19. The van der Waals surface area contributed by atoms with Gasteiger partial charge in [0.2, 0.25) is 0 Å². The Hall–Kier alpha value is -3.72. The van der Waals surface area contributed by atoms with E-state index in [2.05, 4.69) is 14.8 Å². The molecule has 1 N–H and O–H groups in total. The number of nitrogens with zero attached hydrogens (tertiary/aromatic N) is 3. The van der Waals surface area contributed by atoms with Gasteiger partial charge in [-0.25, -0.2) is 17.8 Å². The van der Waals surface area contributed by atoms with Crippen molar-refractivity contribution in [2.45, 2.75) is 31.1 Å². The number of pyridine rings is 1. The van der Waals surface area contributed by atoms with Gasteiger partial charge in [-0.3, -0.25) is 9.78 Å². The number of sulfonamides is 1. The molecule has 1 amide bonds. The van der Waals surface area contributed by atoms with Gasteiger partial charge in [0.1, 0.15) is 10.6 Å². The van der Waals surface area contributed by atoms with Gasteiger partial charge < -0.3 is 4.74 Å². The smallest absolute Gasteiger partial charge is 0.268 e. The number of fused-ring (bicyclic) bond motifs is 1. The molecule has 33 heavy (non-hydrogen) atoms. The Kier molecular flexibility index (Phi) is 5.67. The number of amides is 1. The van der Waals surface area contributed by atoms with E-state index in [4.69, 9.17) is 4.74 Å². The summed E-state index contributed by atoms with van der Waals surface area (Å²) in [5.41, 5.74) is 2.03. The zero-order chi connectivity index (χ0) is 23.8. The lowest BCUT2D eigenvalue weighted by atomic mass is 9.87. The lowest BCUT2D eigenvalue weighted by molar-refractivity contribution is 0.0981. The Morgan fingerprint density at radius 2 is 1.85 bits per heavy atom. The predicted molar refractivity (Wildman–Crippen MR) is 125 cm³/mol. The van der Waals surface area contributed by atoms with Gasteiger partial charge in [0.15, 0.2) is 0 Å². The number of ether oxygens (including phenoxy) is 1. The molecule has 4 rings (SSSR count). The molecule has 0 atom stereocenters. The fourth-order valence-corrected chi connectivity index (χ4v) is 4.64. The average Bonchev–Trinajstić information content (AvgIpc) is 3.31. The molecule has 2 aromatic carbocycles. The standard InChI is InChI=1S/C24H24N4O4S/c1-24(2,3)17-7-9-21(32-4)22(15-17)33(30,31)27-23(29)16-6-8-18-19(14-16)25-12-10-20(18)28-13-5-11-26-28/h5-15H,1-4H3,(H,27,29). The Bertz CT molecular complexity index is 1440. The van der Waals surface area contributed by atoms with Crippen LogP contribution in [0, 0.1) is 0 Å². The van der Waals surface area contributed by atoms with Crippen LogP contribution >= 0.6 is 0 Å². The summed E-state index contributed by atoms with van der Waals surface area (Å²) in [6.07, 6.45) is 5.09. The van der Waals surface area contributed by atoms with Crippen LogP contribution in [0.5, 0.6) is 5.75 Å². The lowest BCUT2D eigenvalue weighted by Gasteiger charge is -2.21.